The van der Waals surface area contributed by atoms with Crippen LogP contribution < -0.4 is 15.5 Å². The highest BCUT2D eigenvalue weighted by atomic mass is 32.1. The van der Waals surface area contributed by atoms with Crippen LogP contribution in [-0.2, 0) is 14.3 Å². The number of aliphatic hydroxyl groups is 1. The number of rotatable bonds is 8. The van der Waals surface area contributed by atoms with Crippen LogP contribution >= 0.6 is 11.3 Å². The lowest BCUT2D eigenvalue weighted by molar-refractivity contribution is -0.136. The summed E-state index contributed by atoms with van der Waals surface area (Å²) in [5.74, 6) is -1.48. The van der Waals surface area contributed by atoms with Crippen LogP contribution in [0.4, 0.5) is 11.4 Å². The van der Waals surface area contributed by atoms with Gasteiger partial charge in [0.25, 0.3) is 0 Å². The number of carbonyl (C=O) groups is 2. The van der Waals surface area contributed by atoms with Gasteiger partial charge in [0.05, 0.1) is 13.2 Å². The van der Waals surface area contributed by atoms with Gasteiger partial charge in [-0.25, -0.2) is 0 Å². The summed E-state index contributed by atoms with van der Waals surface area (Å²) in [6.45, 7) is 0.189. The number of carbonyl (C=O) groups excluding carboxylic acids is 2. The van der Waals surface area contributed by atoms with Gasteiger partial charge in [0.15, 0.2) is 0 Å². The number of anilines is 2. The maximum Gasteiger partial charge on any atom is 0.313 e. The van der Waals surface area contributed by atoms with Crippen molar-refractivity contribution in [1.29, 1.82) is 0 Å². The van der Waals surface area contributed by atoms with Crippen molar-refractivity contribution in [1.82, 2.24) is 5.32 Å². The van der Waals surface area contributed by atoms with Crippen LogP contribution in [0.25, 0.3) is 0 Å². The van der Waals surface area contributed by atoms with Gasteiger partial charge in [0, 0.05) is 36.9 Å². The molecule has 0 fully saturated rings. The van der Waals surface area contributed by atoms with Crippen LogP contribution in [0.15, 0.2) is 41.8 Å². The normalized spacial score (nSPS) is 11.7. The van der Waals surface area contributed by atoms with Gasteiger partial charge in [-0.3, -0.25) is 9.59 Å². The molecule has 1 unspecified atom stereocenters. The first-order valence-electron chi connectivity index (χ1n) is 8.13. The van der Waals surface area contributed by atoms with E-state index in [0.717, 1.165) is 10.6 Å². The number of amides is 2. The fourth-order valence-electron chi connectivity index (χ4n) is 2.21. The average Bonchev–Trinajstić information content (AvgIpc) is 3.16. The van der Waals surface area contributed by atoms with Gasteiger partial charge in [-0.15, -0.1) is 11.3 Å². The van der Waals surface area contributed by atoms with E-state index in [1.54, 1.807) is 12.1 Å². The zero-order valence-electron chi connectivity index (χ0n) is 14.8. The highest BCUT2D eigenvalue weighted by Gasteiger charge is 2.18. The van der Waals surface area contributed by atoms with Crippen molar-refractivity contribution in [2.45, 2.75) is 6.10 Å². The van der Waals surface area contributed by atoms with E-state index < -0.39 is 17.9 Å². The minimum absolute atomic E-state index is 0.112. The molecule has 0 bridgehead atoms. The van der Waals surface area contributed by atoms with E-state index in [9.17, 15) is 9.59 Å². The van der Waals surface area contributed by atoms with Crippen LogP contribution in [0, 0.1) is 0 Å². The monoisotopic (exact) mass is 377 g/mol. The number of thiophene rings is 1. The summed E-state index contributed by atoms with van der Waals surface area (Å²) in [6, 6.07) is 10.9. The second-order valence-corrected chi connectivity index (χ2v) is 6.68. The van der Waals surface area contributed by atoms with Crippen LogP contribution in [0.2, 0.25) is 0 Å². The summed E-state index contributed by atoms with van der Waals surface area (Å²) in [5.41, 5.74) is 1.54. The average molecular weight is 377 g/mol. The number of nitrogens with one attached hydrogen (secondary N) is 2. The molecule has 2 aromatic rings. The summed E-state index contributed by atoms with van der Waals surface area (Å²) in [7, 11) is 3.84. The molecule has 0 saturated carbocycles. The number of aliphatic hydroxyl groups excluding tert-OH is 1. The SMILES string of the molecule is CN(C)c1ccc(NC(=O)C(=O)NCC(OCCO)c2cccs2)cc1. The third-order valence-corrected chi connectivity index (χ3v) is 4.53. The van der Waals surface area contributed by atoms with E-state index in [2.05, 4.69) is 10.6 Å². The molecular weight excluding hydrogens is 354 g/mol. The lowest BCUT2D eigenvalue weighted by Gasteiger charge is -2.17. The maximum atomic E-state index is 12.0. The summed E-state index contributed by atoms with van der Waals surface area (Å²) in [5, 5.41) is 16.0. The van der Waals surface area contributed by atoms with Crippen LogP contribution in [0.3, 0.4) is 0 Å². The van der Waals surface area contributed by atoms with E-state index >= 15 is 0 Å². The molecule has 7 nitrogen and oxygen atoms in total. The molecule has 0 saturated heterocycles. The fourth-order valence-corrected chi connectivity index (χ4v) is 2.98. The maximum absolute atomic E-state index is 12.0. The Morgan fingerprint density at radius 3 is 2.50 bits per heavy atom. The fraction of sp³-hybridized carbons (Fsp3) is 0.333. The van der Waals surface area contributed by atoms with Crippen molar-refractivity contribution in [2.24, 2.45) is 0 Å². The number of benzene rings is 1. The lowest BCUT2D eigenvalue weighted by Crippen LogP contribution is -2.38. The molecule has 0 radical (unpaired) electrons. The third kappa shape index (κ3) is 5.83. The topological polar surface area (TPSA) is 90.9 Å². The molecular formula is C18H23N3O4S. The molecule has 0 aliphatic heterocycles. The Morgan fingerprint density at radius 1 is 1.19 bits per heavy atom. The number of hydrogen-bond acceptors (Lipinski definition) is 6. The zero-order chi connectivity index (χ0) is 18.9. The minimum atomic E-state index is -0.741. The van der Waals surface area contributed by atoms with Crippen molar-refractivity contribution < 1.29 is 19.4 Å². The smallest absolute Gasteiger partial charge is 0.313 e. The number of nitrogens with zero attached hydrogens (tertiary/aromatic N) is 1. The zero-order valence-corrected chi connectivity index (χ0v) is 15.6. The quantitative estimate of drug-likeness (QED) is 0.608. The largest absolute Gasteiger partial charge is 0.394 e. The molecule has 140 valence electrons. The van der Waals surface area contributed by atoms with Gasteiger partial charge in [-0.2, -0.15) is 0 Å². The van der Waals surface area contributed by atoms with E-state index in [1.165, 1.54) is 11.3 Å². The molecule has 1 atom stereocenters. The van der Waals surface area contributed by atoms with Gasteiger partial charge in [-0.1, -0.05) is 6.07 Å². The van der Waals surface area contributed by atoms with Gasteiger partial charge >= 0.3 is 11.8 Å². The standard InChI is InChI=1S/C18H23N3O4S/c1-21(2)14-7-5-13(6-8-14)20-18(24)17(23)19-12-15(25-10-9-22)16-4-3-11-26-16/h3-8,11,15,22H,9-10,12H2,1-2H3,(H,19,23)(H,20,24). The van der Waals surface area contributed by atoms with Crippen molar-refractivity contribution in [3.05, 3.63) is 46.7 Å². The molecule has 0 spiro atoms. The van der Waals surface area contributed by atoms with Crippen molar-refractivity contribution in [3.8, 4) is 0 Å². The van der Waals surface area contributed by atoms with Gasteiger partial charge < -0.3 is 25.4 Å². The molecule has 3 N–H and O–H groups in total. The van der Waals surface area contributed by atoms with Crippen molar-refractivity contribution >= 4 is 34.5 Å². The van der Waals surface area contributed by atoms with Gasteiger partial charge in [-0.05, 0) is 35.7 Å². The van der Waals surface area contributed by atoms with E-state index in [4.69, 9.17) is 9.84 Å². The van der Waals surface area contributed by atoms with Crippen LogP contribution in [0.1, 0.15) is 11.0 Å². The Labute approximate surface area is 156 Å². The summed E-state index contributed by atoms with van der Waals surface area (Å²) >= 11 is 1.49. The Bertz CT molecular complexity index is 702. The minimum Gasteiger partial charge on any atom is -0.394 e. The lowest BCUT2D eigenvalue weighted by atomic mass is 10.2. The highest BCUT2D eigenvalue weighted by Crippen LogP contribution is 2.21. The Kier molecular flexibility index (Phi) is 7.58. The first-order chi connectivity index (χ1) is 12.5. The summed E-state index contributed by atoms with van der Waals surface area (Å²) in [4.78, 5) is 26.9. The summed E-state index contributed by atoms with van der Waals surface area (Å²) < 4.78 is 5.53. The van der Waals surface area contributed by atoms with Crippen LogP contribution in [0.5, 0.6) is 0 Å². The van der Waals surface area contributed by atoms with Gasteiger partial charge in [0.1, 0.15) is 6.10 Å². The Hall–Kier alpha value is -2.42. The van der Waals surface area contributed by atoms with E-state index in [-0.39, 0.29) is 19.8 Å². The first kappa shape index (κ1) is 19.9. The molecule has 2 amide bonds. The second kappa shape index (κ2) is 9.91. The highest BCUT2D eigenvalue weighted by molar-refractivity contribution is 7.10. The Balaban J connectivity index is 1.88. The number of hydrogen-bond donors (Lipinski definition) is 3. The van der Waals surface area contributed by atoms with E-state index in [0.29, 0.717) is 5.69 Å². The molecule has 26 heavy (non-hydrogen) atoms. The third-order valence-electron chi connectivity index (χ3n) is 3.57. The molecule has 1 aromatic heterocycles. The molecule has 1 heterocycles. The second-order valence-electron chi connectivity index (χ2n) is 5.70. The molecule has 0 aliphatic rings. The Morgan fingerprint density at radius 2 is 1.92 bits per heavy atom. The van der Waals surface area contributed by atoms with Crippen molar-refractivity contribution in [3.63, 3.8) is 0 Å². The number of ether oxygens (including phenoxy) is 1. The van der Waals surface area contributed by atoms with Crippen molar-refractivity contribution in [2.75, 3.05) is 44.1 Å². The van der Waals surface area contributed by atoms with E-state index in [1.807, 2.05) is 48.6 Å². The molecule has 8 heteroatoms. The predicted molar refractivity (Wildman–Crippen MR) is 103 cm³/mol. The van der Waals surface area contributed by atoms with Gasteiger partial charge in [0.2, 0.25) is 0 Å². The summed E-state index contributed by atoms with van der Waals surface area (Å²) in [6.07, 6.45) is -0.404. The first-order valence-corrected chi connectivity index (χ1v) is 9.01. The molecule has 1 aromatic carbocycles. The van der Waals surface area contributed by atoms with Crippen LogP contribution in [-0.4, -0.2) is 50.8 Å². The molecule has 2 rings (SSSR count). The predicted octanol–water partition coefficient (Wildman–Crippen LogP) is 1.62. The molecule has 0 aliphatic carbocycles.